The van der Waals surface area contributed by atoms with E-state index in [9.17, 15) is 9.59 Å². The molecular formula is C11H21NO3S. The maximum atomic E-state index is 11.7. The summed E-state index contributed by atoms with van der Waals surface area (Å²) in [6, 6.07) is 0. The molecule has 0 bridgehead atoms. The summed E-state index contributed by atoms with van der Waals surface area (Å²) in [5, 5.41) is 8.46. The second-order valence-electron chi connectivity index (χ2n) is 3.88. The maximum absolute atomic E-state index is 11.7. The van der Waals surface area contributed by atoms with Gasteiger partial charge in [0.1, 0.15) is 5.25 Å². The van der Waals surface area contributed by atoms with Gasteiger partial charge >= 0.3 is 5.97 Å². The Bertz CT molecular complexity index is 239. The molecule has 16 heavy (non-hydrogen) atoms. The van der Waals surface area contributed by atoms with E-state index in [4.69, 9.17) is 5.11 Å². The lowest BCUT2D eigenvalue weighted by Gasteiger charge is -2.20. The van der Waals surface area contributed by atoms with Crippen molar-refractivity contribution < 1.29 is 14.7 Å². The van der Waals surface area contributed by atoms with E-state index in [1.165, 1.54) is 11.8 Å². The van der Waals surface area contributed by atoms with E-state index in [2.05, 4.69) is 0 Å². The minimum absolute atomic E-state index is 0.0156. The minimum atomic E-state index is -0.840. The van der Waals surface area contributed by atoms with E-state index in [-0.39, 0.29) is 17.6 Å². The highest BCUT2D eigenvalue weighted by molar-refractivity contribution is 8.01. The van der Waals surface area contributed by atoms with E-state index >= 15 is 0 Å². The van der Waals surface area contributed by atoms with Crippen molar-refractivity contribution in [3.05, 3.63) is 0 Å². The van der Waals surface area contributed by atoms with Crippen molar-refractivity contribution in [2.24, 2.45) is 5.92 Å². The van der Waals surface area contributed by atoms with Crippen LogP contribution in [-0.4, -0.2) is 46.0 Å². The van der Waals surface area contributed by atoms with E-state index in [0.29, 0.717) is 13.1 Å². The number of thioether (sulfide) groups is 1. The standard InChI is InChI=1S/C11H21NO3S/c1-5-12(6-2)9(13)7-16-10(8(3)4)11(14)15/h8,10H,5-7H2,1-4H3,(H,14,15). The van der Waals surface area contributed by atoms with Crippen LogP contribution in [0.2, 0.25) is 0 Å². The SMILES string of the molecule is CCN(CC)C(=O)CSC(C(=O)O)C(C)C. The molecule has 0 saturated carbocycles. The van der Waals surface area contributed by atoms with Gasteiger partial charge < -0.3 is 10.0 Å². The fourth-order valence-corrected chi connectivity index (χ4v) is 2.41. The quantitative estimate of drug-likeness (QED) is 0.744. The molecule has 0 aromatic rings. The number of hydrogen-bond donors (Lipinski definition) is 1. The van der Waals surface area contributed by atoms with Crippen molar-refractivity contribution in [1.82, 2.24) is 4.90 Å². The first kappa shape index (κ1) is 15.3. The van der Waals surface area contributed by atoms with Gasteiger partial charge in [0.25, 0.3) is 0 Å². The second-order valence-corrected chi connectivity index (χ2v) is 5.01. The first-order valence-electron chi connectivity index (χ1n) is 5.56. The molecule has 0 aliphatic heterocycles. The highest BCUT2D eigenvalue weighted by Crippen LogP contribution is 2.20. The molecule has 0 rings (SSSR count). The van der Waals surface area contributed by atoms with Gasteiger partial charge in [-0.15, -0.1) is 11.8 Å². The lowest BCUT2D eigenvalue weighted by Crippen LogP contribution is -2.33. The zero-order chi connectivity index (χ0) is 12.7. The van der Waals surface area contributed by atoms with Crippen LogP contribution in [0.4, 0.5) is 0 Å². The normalized spacial score (nSPS) is 12.6. The number of hydrogen-bond acceptors (Lipinski definition) is 3. The lowest BCUT2D eigenvalue weighted by atomic mass is 10.1. The molecule has 0 aliphatic carbocycles. The summed E-state index contributed by atoms with van der Waals surface area (Å²) >= 11 is 1.21. The number of rotatable bonds is 7. The van der Waals surface area contributed by atoms with Crippen LogP contribution in [0, 0.1) is 5.92 Å². The first-order valence-corrected chi connectivity index (χ1v) is 6.61. The third-order valence-corrected chi connectivity index (χ3v) is 3.87. The van der Waals surface area contributed by atoms with Crippen molar-refractivity contribution in [1.29, 1.82) is 0 Å². The van der Waals surface area contributed by atoms with Gasteiger partial charge in [-0.25, -0.2) is 0 Å². The molecule has 0 aliphatic rings. The number of aliphatic carboxylic acids is 1. The molecule has 0 fully saturated rings. The van der Waals surface area contributed by atoms with Gasteiger partial charge in [0, 0.05) is 13.1 Å². The number of carbonyl (C=O) groups excluding carboxylic acids is 1. The van der Waals surface area contributed by atoms with Crippen LogP contribution in [-0.2, 0) is 9.59 Å². The summed E-state index contributed by atoms with van der Waals surface area (Å²) in [6.07, 6.45) is 0. The number of amides is 1. The van der Waals surface area contributed by atoms with Crippen molar-refractivity contribution in [2.45, 2.75) is 32.9 Å². The van der Waals surface area contributed by atoms with Crippen LogP contribution in [0.5, 0.6) is 0 Å². The number of carbonyl (C=O) groups is 2. The predicted molar refractivity (Wildman–Crippen MR) is 66.6 cm³/mol. The Kier molecular flexibility index (Phi) is 7.21. The smallest absolute Gasteiger partial charge is 0.316 e. The molecule has 5 heteroatoms. The second kappa shape index (κ2) is 7.54. The monoisotopic (exact) mass is 247 g/mol. The van der Waals surface area contributed by atoms with Gasteiger partial charge in [0.15, 0.2) is 0 Å². The molecule has 0 radical (unpaired) electrons. The summed E-state index contributed by atoms with van der Waals surface area (Å²) in [5.41, 5.74) is 0. The Hall–Kier alpha value is -0.710. The van der Waals surface area contributed by atoms with Crippen LogP contribution in [0.25, 0.3) is 0 Å². The summed E-state index contributed by atoms with van der Waals surface area (Å²) in [5.74, 6) is -0.544. The number of nitrogens with zero attached hydrogens (tertiary/aromatic N) is 1. The zero-order valence-corrected chi connectivity index (χ0v) is 11.2. The topological polar surface area (TPSA) is 57.6 Å². The molecule has 94 valence electrons. The molecule has 0 saturated heterocycles. The van der Waals surface area contributed by atoms with Gasteiger partial charge in [-0.1, -0.05) is 13.8 Å². The largest absolute Gasteiger partial charge is 0.480 e. The Morgan fingerprint density at radius 1 is 1.25 bits per heavy atom. The van der Waals surface area contributed by atoms with Crippen LogP contribution in [0.15, 0.2) is 0 Å². The zero-order valence-electron chi connectivity index (χ0n) is 10.4. The van der Waals surface area contributed by atoms with Crippen LogP contribution >= 0.6 is 11.8 Å². The van der Waals surface area contributed by atoms with Crippen LogP contribution in [0.3, 0.4) is 0 Å². The molecular weight excluding hydrogens is 226 g/mol. The lowest BCUT2D eigenvalue weighted by molar-refractivity contribution is -0.137. The van der Waals surface area contributed by atoms with Gasteiger partial charge in [0.05, 0.1) is 5.75 Å². The molecule has 1 N–H and O–H groups in total. The van der Waals surface area contributed by atoms with E-state index in [0.717, 1.165) is 0 Å². The Labute approximate surface area is 101 Å². The summed E-state index contributed by atoms with van der Waals surface area (Å²) in [4.78, 5) is 24.3. The fraction of sp³-hybridized carbons (Fsp3) is 0.818. The van der Waals surface area contributed by atoms with Crippen molar-refractivity contribution >= 4 is 23.6 Å². The summed E-state index contributed by atoms with van der Waals surface area (Å²) in [6.45, 7) is 8.90. The highest BCUT2D eigenvalue weighted by Gasteiger charge is 2.23. The Balaban J connectivity index is 4.20. The summed E-state index contributed by atoms with van der Waals surface area (Å²) < 4.78 is 0. The minimum Gasteiger partial charge on any atom is -0.480 e. The van der Waals surface area contributed by atoms with E-state index < -0.39 is 11.2 Å². The third-order valence-electron chi connectivity index (χ3n) is 2.35. The molecule has 0 heterocycles. The third kappa shape index (κ3) is 4.88. The molecule has 1 unspecified atom stereocenters. The van der Waals surface area contributed by atoms with E-state index in [1.807, 2.05) is 27.7 Å². The number of carboxylic acids is 1. The fourth-order valence-electron chi connectivity index (χ4n) is 1.38. The molecule has 0 aromatic carbocycles. The van der Waals surface area contributed by atoms with Gasteiger partial charge in [0.2, 0.25) is 5.91 Å². The van der Waals surface area contributed by atoms with Crippen LogP contribution in [0.1, 0.15) is 27.7 Å². The molecule has 1 amide bonds. The molecule has 0 aromatic heterocycles. The summed E-state index contributed by atoms with van der Waals surface area (Å²) in [7, 11) is 0. The predicted octanol–water partition coefficient (Wildman–Crippen LogP) is 1.70. The van der Waals surface area contributed by atoms with E-state index in [1.54, 1.807) is 4.90 Å². The van der Waals surface area contributed by atoms with Gasteiger partial charge in [-0.05, 0) is 19.8 Å². The maximum Gasteiger partial charge on any atom is 0.316 e. The molecule has 4 nitrogen and oxygen atoms in total. The average Bonchev–Trinajstić information content (AvgIpc) is 2.18. The van der Waals surface area contributed by atoms with Crippen molar-refractivity contribution in [3.8, 4) is 0 Å². The molecule has 0 spiro atoms. The number of carboxylic acid groups (broad SMARTS) is 1. The van der Waals surface area contributed by atoms with Crippen molar-refractivity contribution in [3.63, 3.8) is 0 Å². The Morgan fingerprint density at radius 3 is 2.06 bits per heavy atom. The average molecular weight is 247 g/mol. The first-order chi connectivity index (χ1) is 7.43. The van der Waals surface area contributed by atoms with Gasteiger partial charge in [-0.2, -0.15) is 0 Å². The Morgan fingerprint density at radius 2 is 1.75 bits per heavy atom. The highest BCUT2D eigenvalue weighted by atomic mass is 32.2. The van der Waals surface area contributed by atoms with Gasteiger partial charge in [-0.3, -0.25) is 9.59 Å². The van der Waals surface area contributed by atoms with Crippen LogP contribution < -0.4 is 0 Å². The van der Waals surface area contributed by atoms with Crippen molar-refractivity contribution in [2.75, 3.05) is 18.8 Å². The molecule has 1 atom stereocenters.